The van der Waals surface area contributed by atoms with E-state index in [4.69, 9.17) is 27.9 Å². The van der Waals surface area contributed by atoms with E-state index in [2.05, 4.69) is 11.8 Å². The largest absolute Gasteiger partial charge is 0.479 e. The summed E-state index contributed by atoms with van der Waals surface area (Å²) in [6, 6.07) is 14.4. The molecule has 0 aliphatic rings. The van der Waals surface area contributed by atoms with Crippen molar-refractivity contribution in [3.63, 3.8) is 0 Å². The van der Waals surface area contributed by atoms with Crippen molar-refractivity contribution in [2.24, 2.45) is 0 Å². The highest BCUT2D eigenvalue weighted by Crippen LogP contribution is 2.28. The number of ether oxygens (including phenoxy) is 1. The summed E-state index contributed by atoms with van der Waals surface area (Å²) in [7, 11) is 0. The summed E-state index contributed by atoms with van der Waals surface area (Å²) < 4.78 is 7.45. The minimum atomic E-state index is 0.0468. The topological polar surface area (TPSA) is 26.3 Å². The van der Waals surface area contributed by atoms with Crippen molar-refractivity contribution in [3.8, 4) is 17.6 Å². The molecule has 126 valence electrons. The molecule has 1 heterocycles. The van der Waals surface area contributed by atoms with Crippen LogP contribution in [0.1, 0.15) is 0 Å². The van der Waals surface area contributed by atoms with Crippen LogP contribution in [0.2, 0.25) is 10.0 Å². The van der Waals surface area contributed by atoms with Crippen LogP contribution in [0.4, 0.5) is 0 Å². The van der Waals surface area contributed by atoms with Gasteiger partial charge in [-0.05, 0) is 30.3 Å². The Bertz CT molecular complexity index is 1020. The standard InChI is InChI=1S/C19H12Cl2O2S2/c20-13-7-8-17(15(21)11-13)23-9-3-4-10-24-19-12-16(22)14-5-1-2-6-18(14)25-19/h1-2,5-8,11-12H,9-10H2. The zero-order valence-corrected chi connectivity index (χ0v) is 16.1. The molecule has 6 heteroatoms. The summed E-state index contributed by atoms with van der Waals surface area (Å²) in [5, 5.41) is 1.79. The van der Waals surface area contributed by atoms with Crippen LogP contribution in [0, 0.1) is 11.8 Å². The van der Waals surface area contributed by atoms with Crippen molar-refractivity contribution in [1.82, 2.24) is 0 Å². The fraction of sp³-hybridized carbons (Fsp3) is 0.105. The van der Waals surface area contributed by atoms with Gasteiger partial charge in [0, 0.05) is 21.2 Å². The highest BCUT2D eigenvalue weighted by molar-refractivity contribution is 8.01. The van der Waals surface area contributed by atoms with E-state index in [1.165, 1.54) is 0 Å². The normalized spacial score (nSPS) is 10.3. The zero-order valence-electron chi connectivity index (χ0n) is 12.9. The van der Waals surface area contributed by atoms with Gasteiger partial charge < -0.3 is 4.74 Å². The predicted molar refractivity (Wildman–Crippen MR) is 109 cm³/mol. The third-order valence-electron chi connectivity index (χ3n) is 3.22. The third-order valence-corrected chi connectivity index (χ3v) is 5.94. The highest BCUT2D eigenvalue weighted by atomic mass is 35.5. The molecule has 0 saturated heterocycles. The van der Waals surface area contributed by atoms with E-state index in [9.17, 15) is 4.79 Å². The van der Waals surface area contributed by atoms with E-state index < -0.39 is 0 Å². The Morgan fingerprint density at radius 1 is 1.08 bits per heavy atom. The predicted octanol–water partition coefficient (Wildman–Crippen LogP) is 5.74. The molecule has 0 saturated carbocycles. The summed E-state index contributed by atoms with van der Waals surface area (Å²) in [5.74, 6) is 7.11. The van der Waals surface area contributed by atoms with E-state index in [0.717, 1.165) is 14.3 Å². The van der Waals surface area contributed by atoms with Crippen molar-refractivity contribution in [2.75, 3.05) is 12.4 Å². The second kappa shape index (κ2) is 8.64. The van der Waals surface area contributed by atoms with Gasteiger partial charge in [0.1, 0.15) is 12.4 Å². The molecule has 0 unspecified atom stereocenters. The maximum absolute atomic E-state index is 12.1. The average Bonchev–Trinajstić information content (AvgIpc) is 2.59. The first-order valence-corrected chi connectivity index (χ1v) is 9.88. The average molecular weight is 407 g/mol. The maximum atomic E-state index is 12.1. The minimum absolute atomic E-state index is 0.0468. The lowest BCUT2D eigenvalue weighted by atomic mass is 10.2. The van der Waals surface area contributed by atoms with Gasteiger partial charge in [-0.1, -0.05) is 47.2 Å². The summed E-state index contributed by atoms with van der Waals surface area (Å²) >= 11 is 15.0. The van der Waals surface area contributed by atoms with E-state index in [-0.39, 0.29) is 12.0 Å². The van der Waals surface area contributed by atoms with Crippen LogP contribution < -0.4 is 10.2 Å². The number of hydrogen-bond acceptors (Lipinski definition) is 4. The first kappa shape index (κ1) is 18.2. The number of hydrogen-bond donors (Lipinski definition) is 0. The quantitative estimate of drug-likeness (QED) is 0.407. The van der Waals surface area contributed by atoms with Gasteiger partial charge in [0.2, 0.25) is 0 Å². The van der Waals surface area contributed by atoms with Gasteiger partial charge in [-0.15, -0.1) is 23.1 Å². The first-order chi connectivity index (χ1) is 12.1. The molecule has 0 amide bonds. The van der Waals surface area contributed by atoms with Gasteiger partial charge in [-0.25, -0.2) is 0 Å². The Hall–Kier alpha value is -1.64. The van der Waals surface area contributed by atoms with Crippen molar-refractivity contribution in [3.05, 3.63) is 68.8 Å². The highest BCUT2D eigenvalue weighted by Gasteiger charge is 2.02. The summed E-state index contributed by atoms with van der Waals surface area (Å²) in [5.41, 5.74) is 0.0468. The van der Waals surface area contributed by atoms with Gasteiger partial charge in [0.05, 0.1) is 15.0 Å². The lowest BCUT2D eigenvalue weighted by Gasteiger charge is -2.04. The van der Waals surface area contributed by atoms with E-state index >= 15 is 0 Å². The maximum Gasteiger partial charge on any atom is 0.189 e. The molecule has 0 atom stereocenters. The molecular weight excluding hydrogens is 395 g/mol. The minimum Gasteiger partial charge on any atom is -0.479 e. The van der Waals surface area contributed by atoms with Crippen LogP contribution in [-0.2, 0) is 0 Å². The molecule has 3 aromatic rings. The molecule has 0 aliphatic heterocycles. The monoisotopic (exact) mass is 406 g/mol. The lowest BCUT2D eigenvalue weighted by Crippen LogP contribution is -1.98. The Morgan fingerprint density at radius 3 is 2.76 bits per heavy atom. The number of rotatable bonds is 4. The second-order valence-corrected chi connectivity index (χ2v) is 8.13. The first-order valence-electron chi connectivity index (χ1n) is 7.33. The summed E-state index contributed by atoms with van der Waals surface area (Å²) in [4.78, 5) is 12.1. The van der Waals surface area contributed by atoms with Gasteiger partial charge >= 0.3 is 0 Å². The SMILES string of the molecule is O=c1cc(SCC#CCOc2ccc(Cl)cc2Cl)sc2ccccc12. The van der Waals surface area contributed by atoms with Crippen LogP contribution in [-0.4, -0.2) is 12.4 Å². The number of benzene rings is 2. The van der Waals surface area contributed by atoms with Gasteiger partial charge in [0.15, 0.2) is 5.43 Å². The van der Waals surface area contributed by atoms with Gasteiger partial charge in [-0.3, -0.25) is 4.79 Å². The van der Waals surface area contributed by atoms with Crippen LogP contribution >= 0.6 is 46.3 Å². The Labute approximate surface area is 163 Å². The lowest BCUT2D eigenvalue weighted by molar-refractivity contribution is 0.370. The zero-order chi connectivity index (χ0) is 17.6. The third kappa shape index (κ3) is 4.93. The molecule has 1 aromatic heterocycles. The van der Waals surface area contributed by atoms with E-state index in [1.54, 1.807) is 47.4 Å². The smallest absolute Gasteiger partial charge is 0.189 e. The number of fused-ring (bicyclic) bond motifs is 1. The molecule has 0 aliphatic carbocycles. The molecule has 0 bridgehead atoms. The van der Waals surface area contributed by atoms with Gasteiger partial charge in [0.25, 0.3) is 0 Å². The van der Waals surface area contributed by atoms with Crippen molar-refractivity contribution < 1.29 is 4.74 Å². The van der Waals surface area contributed by atoms with Crippen LogP contribution in [0.25, 0.3) is 10.1 Å². The number of thioether (sulfide) groups is 1. The Morgan fingerprint density at radius 2 is 1.92 bits per heavy atom. The van der Waals surface area contributed by atoms with Crippen molar-refractivity contribution in [2.45, 2.75) is 4.21 Å². The fourth-order valence-electron chi connectivity index (χ4n) is 2.07. The molecule has 3 rings (SSSR count). The molecule has 0 radical (unpaired) electrons. The Kier molecular flexibility index (Phi) is 6.28. The second-order valence-electron chi connectivity index (χ2n) is 4.93. The summed E-state index contributed by atoms with van der Waals surface area (Å²) in [6.45, 7) is 0.246. The molecule has 0 fully saturated rings. The molecule has 2 aromatic carbocycles. The van der Waals surface area contributed by atoms with E-state index in [1.807, 2.05) is 24.3 Å². The van der Waals surface area contributed by atoms with Crippen molar-refractivity contribution in [1.29, 1.82) is 0 Å². The molecule has 0 spiro atoms. The Balaban J connectivity index is 1.55. The summed E-state index contributed by atoms with van der Waals surface area (Å²) in [6.07, 6.45) is 0. The van der Waals surface area contributed by atoms with Crippen LogP contribution in [0.15, 0.2) is 57.5 Å². The van der Waals surface area contributed by atoms with Crippen LogP contribution in [0.3, 0.4) is 0 Å². The van der Waals surface area contributed by atoms with Gasteiger partial charge in [-0.2, -0.15) is 0 Å². The number of halogens is 2. The molecule has 2 nitrogen and oxygen atoms in total. The molecular formula is C19H12Cl2O2S2. The molecule has 0 N–H and O–H groups in total. The van der Waals surface area contributed by atoms with Crippen molar-refractivity contribution >= 4 is 56.4 Å². The molecule has 25 heavy (non-hydrogen) atoms. The van der Waals surface area contributed by atoms with Crippen LogP contribution in [0.5, 0.6) is 5.75 Å². The fourth-order valence-corrected chi connectivity index (χ4v) is 4.53. The van der Waals surface area contributed by atoms with E-state index in [0.29, 0.717) is 21.5 Å².